The van der Waals surface area contributed by atoms with Gasteiger partial charge < -0.3 is 19.9 Å². The van der Waals surface area contributed by atoms with Gasteiger partial charge in [0.1, 0.15) is 11.9 Å². The van der Waals surface area contributed by atoms with Gasteiger partial charge in [-0.2, -0.15) is 0 Å². The molecular formula is C10H13NO3. The van der Waals surface area contributed by atoms with Gasteiger partial charge in [-0.1, -0.05) is 0 Å². The van der Waals surface area contributed by atoms with Gasteiger partial charge in [-0.3, -0.25) is 0 Å². The molecule has 1 fully saturated rings. The number of aromatic hydroxyl groups is 1. The summed E-state index contributed by atoms with van der Waals surface area (Å²) in [7, 11) is 1.52. The molecule has 0 aromatic heterocycles. The molecule has 1 aliphatic heterocycles. The minimum atomic E-state index is 0.109. The molecule has 0 spiro atoms. The highest BCUT2D eigenvalue weighted by Crippen LogP contribution is 2.30. The quantitative estimate of drug-likeness (QED) is 0.747. The molecule has 1 heterocycles. The average molecular weight is 195 g/mol. The van der Waals surface area contributed by atoms with Gasteiger partial charge in [-0.25, -0.2) is 0 Å². The van der Waals surface area contributed by atoms with Crippen molar-refractivity contribution in [1.29, 1.82) is 0 Å². The van der Waals surface area contributed by atoms with E-state index >= 15 is 0 Å². The van der Waals surface area contributed by atoms with E-state index in [1.807, 2.05) is 0 Å². The summed E-state index contributed by atoms with van der Waals surface area (Å²) in [6.45, 7) is 1.74. The molecule has 2 N–H and O–H groups in total. The largest absolute Gasteiger partial charge is 0.504 e. The minimum absolute atomic E-state index is 0.109. The molecule has 0 bridgehead atoms. The highest BCUT2D eigenvalue weighted by atomic mass is 16.5. The molecule has 14 heavy (non-hydrogen) atoms. The number of hydrogen-bond acceptors (Lipinski definition) is 4. The maximum Gasteiger partial charge on any atom is 0.161 e. The average Bonchev–Trinajstić information content (AvgIpc) is 2.12. The van der Waals surface area contributed by atoms with E-state index in [1.54, 1.807) is 18.2 Å². The van der Waals surface area contributed by atoms with Crippen LogP contribution in [0.25, 0.3) is 0 Å². The predicted molar refractivity (Wildman–Crippen MR) is 51.9 cm³/mol. The zero-order valence-corrected chi connectivity index (χ0v) is 7.99. The lowest BCUT2D eigenvalue weighted by molar-refractivity contribution is 0.141. The van der Waals surface area contributed by atoms with E-state index < -0.39 is 0 Å². The van der Waals surface area contributed by atoms with Gasteiger partial charge in [0, 0.05) is 19.2 Å². The normalized spacial score (nSPS) is 16.1. The Morgan fingerprint density at radius 3 is 2.71 bits per heavy atom. The smallest absolute Gasteiger partial charge is 0.161 e. The number of ether oxygens (including phenoxy) is 2. The van der Waals surface area contributed by atoms with E-state index in [1.165, 1.54) is 7.11 Å². The van der Waals surface area contributed by atoms with Crippen LogP contribution >= 0.6 is 0 Å². The van der Waals surface area contributed by atoms with Crippen LogP contribution in [0.5, 0.6) is 17.2 Å². The lowest BCUT2D eigenvalue weighted by Gasteiger charge is -2.27. The Balaban J connectivity index is 2.07. The van der Waals surface area contributed by atoms with Crippen molar-refractivity contribution in [2.75, 3.05) is 20.2 Å². The second-order valence-electron chi connectivity index (χ2n) is 3.23. The van der Waals surface area contributed by atoms with E-state index in [0.717, 1.165) is 13.1 Å². The Morgan fingerprint density at radius 2 is 2.21 bits per heavy atom. The van der Waals surface area contributed by atoms with Gasteiger partial charge >= 0.3 is 0 Å². The summed E-state index contributed by atoms with van der Waals surface area (Å²) in [5.74, 6) is 1.25. The molecule has 0 aliphatic carbocycles. The molecule has 76 valence electrons. The molecule has 1 aliphatic rings. The third kappa shape index (κ3) is 1.75. The molecule has 4 nitrogen and oxygen atoms in total. The summed E-state index contributed by atoms with van der Waals surface area (Å²) in [5.41, 5.74) is 0. The monoisotopic (exact) mass is 195 g/mol. The van der Waals surface area contributed by atoms with E-state index in [9.17, 15) is 5.11 Å². The van der Waals surface area contributed by atoms with Crippen LogP contribution in [0.3, 0.4) is 0 Å². The molecule has 0 radical (unpaired) electrons. The summed E-state index contributed by atoms with van der Waals surface area (Å²) in [4.78, 5) is 0. The standard InChI is InChI=1S/C10H13NO3/c1-13-10-3-2-7(4-9(10)12)14-8-5-11-6-8/h2-4,8,11-12H,5-6H2,1H3. The van der Waals surface area contributed by atoms with E-state index in [4.69, 9.17) is 9.47 Å². The molecule has 4 heteroatoms. The highest BCUT2D eigenvalue weighted by molar-refractivity contribution is 5.44. The van der Waals surface area contributed by atoms with Crippen molar-refractivity contribution < 1.29 is 14.6 Å². The van der Waals surface area contributed by atoms with Gasteiger partial charge in [-0.15, -0.1) is 0 Å². The highest BCUT2D eigenvalue weighted by Gasteiger charge is 2.18. The lowest BCUT2D eigenvalue weighted by Crippen LogP contribution is -2.50. The first-order chi connectivity index (χ1) is 6.79. The molecule has 0 amide bonds. The lowest BCUT2D eigenvalue weighted by atomic mass is 10.2. The maximum absolute atomic E-state index is 9.47. The zero-order chi connectivity index (χ0) is 9.97. The van der Waals surface area contributed by atoms with Crippen LogP contribution in [0.15, 0.2) is 18.2 Å². The second-order valence-corrected chi connectivity index (χ2v) is 3.23. The Morgan fingerprint density at radius 1 is 1.43 bits per heavy atom. The van der Waals surface area contributed by atoms with Crippen LogP contribution < -0.4 is 14.8 Å². The van der Waals surface area contributed by atoms with Crippen molar-refractivity contribution >= 4 is 0 Å². The third-order valence-electron chi connectivity index (χ3n) is 2.20. The molecule has 0 unspecified atom stereocenters. The van der Waals surface area contributed by atoms with Crippen LogP contribution in [0.1, 0.15) is 0 Å². The fourth-order valence-corrected chi connectivity index (χ4v) is 1.28. The van der Waals surface area contributed by atoms with Crippen molar-refractivity contribution in [3.63, 3.8) is 0 Å². The molecule has 0 saturated carbocycles. The number of rotatable bonds is 3. The zero-order valence-electron chi connectivity index (χ0n) is 7.99. The number of phenolic OH excluding ortho intramolecular Hbond substituents is 1. The van der Waals surface area contributed by atoms with Crippen molar-refractivity contribution in [3.8, 4) is 17.2 Å². The van der Waals surface area contributed by atoms with Gasteiger partial charge in [0.15, 0.2) is 11.5 Å². The van der Waals surface area contributed by atoms with Crippen LogP contribution in [0, 0.1) is 0 Å². The maximum atomic E-state index is 9.47. The first-order valence-corrected chi connectivity index (χ1v) is 4.54. The molecule has 1 aromatic rings. The number of benzene rings is 1. The summed E-state index contributed by atoms with van der Waals surface area (Å²) in [6, 6.07) is 5.05. The number of methoxy groups -OCH3 is 1. The Hall–Kier alpha value is -1.42. The molecule has 2 rings (SSSR count). The third-order valence-corrected chi connectivity index (χ3v) is 2.20. The number of phenols is 1. The van der Waals surface area contributed by atoms with Crippen LogP contribution in [-0.4, -0.2) is 31.4 Å². The van der Waals surface area contributed by atoms with Crippen molar-refractivity contribution in [3.05, 3.63) is 18.2 Å². The van der Waals surface area contributed by atoms with Crippen LogP contribution in [0.2, 0.25) is 0 Å². The number of hydrogen-bond donors (Lipinski definition) is 2. The summed E-state index contributed by atoms with van der Waals surface area (Å²) < 4.78 is 10.5. The van der Waals surface area contributed by atoms with Crippen LogP contribution in [-0.2, 0) is 0 Å². The first-order valence-electron chi connectivity index (χ1n) is 4.54. The number of nitrogens with one attached hydrogen (secondary N) is 1. The van der Waals surface area contributed by atoms with Gasteiger partial charge in [0.05, 0.1) is 7.11 Å². The SMILES string of the molecule is COc1ccc(OC2CNC2)cc1O. The van der Waals surface area contributed by atoms with Gasteiger partial charge in [-0.05, 0) is 12.1 Å². The Bertz CT molecular complexity index is 323. The first kappa shape index (κ1) is 9.15. The van der Waals surface area contributed by atoms with E-state index in [2.05, 4.69) is 5.32 Å². The Kier molecular flexibility index (Phi) is 2.45. The van der Waals surface area contributed by atoms with Crippen molar-refractivity contribution in [1.82, 2.24) is 5.32 Å². The van der Waals surface area contributed by atoms with Crippen molar-refractivity contribution in [2.45, 2.75) is 6.10 Å². The summed E-state index contributed by atoms with van der Waals surface area (Å²) in [6.07, 6.45) is 0.225. The molecule has 1 saturated heterocycles. The fourth-order valence-electron chi connectivity index (χ4n) is 1.28. The van der Waals surface area contributed by atoms with Gasteiger partial charge in [0.25, 0.3) is 0 Å². The molecular weight excluding hydrogens is 182 g/mol. The Labute approximate surface area is 82.5 Å². The summed E-state index contributed by atoms with van der Waals surface area (Å²) in [5, 5.41) is 12.6. The molecule has 0 atom stereocenters. The fraction of sp³-hybridized carbons (Fsp3) is 0.400. The van der Waals surface area contributed by atoms with Crippen LogP contribution in [0.4, 0.5) is 0 Å². The van der Waals surface area contributed by atoms with Gasteiger partial charge in [0.2, 0.25) is 0 Å². The minimum Gasteiger partial charge on any atom is -0.504 e. The second kappa shape index (κ2) is 3.75. The predicted octanol–water partition coefficient (Wildman–Crippen LogP) is 0.751. The van der Waals surface area contributed by atoms with E-state index in [-0.39, 0.29) is 11.9 Å². The van der Waals surface area contributed by atoms with Crippen molar-refractivity contribution in [2.24, 2.45) is 0 Å². The summed E-state index contributed by atoms with van der Waals surface area (Å²) >= 11 is 0. The molecule has 1 aromatic carbocycles. The van der Waals surface area contributed by atoms with E-state index in [0.29, 0.717) is 11.5 Å². The topological polar surface area (TPSA) is 50.7 Å².